The number of pyridine rings is 1. The topological polar surface area (TPSA) is 98.0 Å². The highest BCUT2D eigenvalue weighted by Crippen LogP contribution is 2.63. The molecule has 1 fully saturated rings. The molecular formula is C40H49BrClF8N5O3. The maximum Gasteiger partial charge on any atom is 0.433 e. The Morgan fingerprint density at radius 1 is 1.09 bits per heavy atom. The predicted molar refractivity (Wildman–Crippen MR) is 213 cm³/mol. The van der Waals surface area contributed by atoms with E-state index in [0.29, 0.717) is 12.0 Å². The third-order valence-corrected chi connectivity index (χ3v) is 9.70. The molecular weight excluding hydrogens is 866 g/mol. The van der Waals surface area contributed by atoms with Crippen molar-refractivity contribution < 1.29 is 44.7 Å². The van der Waals surface area contributed by atoms with Crippen LogP contribution in [0.25, 0.3) is 11.3 Å². The average molecular weight is 915 g/mol. The van der Waals surface area contributed by atoms with Crippen LogP contribution >= 0.6 is 27.5 Å². The van der Waals surface area contributed by atoms with E-state index in [1.54, 1.807) is 6.08 Å². The van der Waals surface area contributed by atoms with Crippen molar-refractivity contribution in [3.05, 3.63) is 98.5 Å². The number of nitrogens with zero attached hydrogens (tertiary/aromatic N) is 3. The van der Waals surface area contributed by atoms with Gasteiger partial charge in [0.2, 0.25) is 23.8 Å². The zero-order chi connectivity index (χ0) is 44.4. The molecule has 2 aromatic heterocycles. The number of nitrogens with one attached hydrogen (secondary N) is 2. The van der Waals surface area contributed by atoms with Crippen molar-refractivity contribution in [1.29, 1.82) is 0 Å². The highest BCUT2D eigenvalue weighted by atomic mass is 79.9. The van der Waals surface area contributed by atoms with Gasteiger partial charge in [-0.15, -0.1) is 11.6 Å². The van der Waals surface area contributed by atoms with Crippen molar-refractivity contribution in [1.82, 2.24) is 25.0 Å². The normalized spacial score (nSPS) is 17.3. The van der Waals surface area contributed by atoms with Gasteiger partial charge in [0.05, 0.1) is 28.8 Å². The number of alkyl halides is 9. The second-order valence-corrected chi connectivity index (χ2v) is 15.3. The molecule has 1 aliphatic carbocycles. The summed E-state index contributed by atoms with van der Waals surface area (Å²) >= 11 is 9.16. The van der Waals surface area contributed by atoms with E-state index in [4.69, 9.17) is 11.6 Å². The number of carbonyl (C=O) groups is 2. The summed E-state index contributed by atoms with van der Waals surface area (Å²) in [4.78, 5) is 39.8. The third-order valence-electron chi connectivity index (χ3n) is 9.01. The lowest BCUT2D eigenvalue weighted by Crippen LogP contribution is -2.56. The van der Waals surface area contributed by atoms with Crippen LogP contribution in [-0.4, -0.2) is 50.0 Å². The van der Waals surface area contributed by atoms with Crippen LogP contribution in [0.5, 0.6) is 0 Å². The van der Waals surface area contributed by atoms with Gasteiger partial charge >= 0.3 is 12.4 Å². The summed E-state index contributed by atoms with van der Waals surface area (Å²) in [5, 5.41) is 9.63. The molecule has 2 heterocycles. The fraction of sp³-hybridized carbons (Fsp3) is 0.500. The number of hydrogen-bond donors (Lipinski definition) is 2. The van der Waals surface area contributed by atoms with E-state index in [0.717, 1.165) is 23.7 Å². The predicted octanol–water partition coefficient (Wildman–Crippen LogP) is 10.4. The summed E-state index contributed by atoms with van der Waals surface area (Å²) in [5.41, 5.74) is -4.27. The maximum absolute atomic E-state index is 14.2. The maximum atomic E-state index is 14.2. The number of rotatable bonds is 14. The Labute approximate surface area is 346 Å². The lowest BCUT2D eigenvalue weighted by atomic mass is 9.91. The quantitative estimate of drug-likeness (QED) is 0.0956. The molecule has 3 unspecified atom stereocenters. The van der Waals surface area contributed by atoms with Gasteiger partial charge in [-0.1, -0.05) is 67.1 Å². The summed E-state index contributed by atoms with van der Waals surface area (Å²) in [6.07, 6.45) is -6.41. The number of hydrogen-bond acceptors (Lipinski definition) is 4. The van der Waals surface area contributed by atoms with Crippen molar-refractivity contribution >= 4 is 39.3 Å². The zero-order valence-electron chi connectivity index (χ0n) is 33.2. The minimum absolute atomic E-state index is 0.0357. The molecule has 322 valence electrons. The van der Waals surface area contributed by atoms with Gasteiger partial charge in [0.25, 0.3) is 0 Å². The van der Waals surface area contributed by atoms with E-state index in [1.807, 2.05) is 20.8 Å². The van der Waals surface area contributed by atoms with Crippen molar-refractivity contribution in [2.75, 3.05) is 5.88 Å². The van der Waals surface area contributed by atoms with Gasteiger partial charge in [0, 0.05) is 47.6 Å². The first-order chi connectivity index (χ1) is 26.9. The molecule has 3 atom stereocenters. The summed E-state index contributed by atoms with van der Waals surface area (Å²) in [7, 11) is 1.45. The number of amides is 2. The fourth-order valence-corrected chi connectivity index (χ4v) is 7.04. The first-order valence-corrected chi connectivity index (χ1v) is 19.7. The van der Waals surface area contributed by atoms with Crippen LogP contribution in [0.15, 0.2) is 76.2 Å². The van der Waals surface area contributed by atoms with Crippen LogP contribution < -0.4 is 16.2 Å². The Morgan fingerprint density at radius 2 is 1.71 bits per heavy atom. The molecule has 8 nitrogen and oxygen atoms in total. The van der Waals surface area contributed by atoms with Gasteiger partial charge in [-0.3, -0.25) is 19.1 Å². The molecule has 0 bridgehead atoms. The van der Waals surface area contributed by atoms with Crippen LogP contribution in [0.2, 0.25) is 0 Å². The van der Waals surface area contributed by atoms with E-state index in [1.165, 1.54) is 62.0 Å². The van der Waals surface area contributed by atoms with Gasteiger partial charge in [0.1, 0.15) is 11.7 Å². The van der Waals surface area contributed by atoms with Gasteiger partial charge in [-0.05, 0) is 69.9 Å². The first-order valence-electron chi connectivity index (χ1n) is 18.4. The van der Waals surface area contributed by atoms with Crippen LogP contribution in [0, 0.1) is 5.41 Å². The van der Waals surface area contributed by atoms with Crippen LogP contribution in [0.4, 0.5) is 35.1 Å². The third kappa shape index (κ3) is 13.5. The van der Waals surface area contributed by atoms with E-state index >= 15 is 0 Å². The van der Waals surface area contributed by atoms with E-state index < -0.39 is 71.3 Å². The summed E-state index contributed by atoms with van der Waals surface area (Å²) < 4.78 is 108. The smallest absolute Gasteiger partial charge is 0.348 e. The number of benzene rings is 1. The number of halogens is 10. The highest BCUT2D eigenvalue weighted by Gasteiger charge is 2.61. The molecule has 0 spiro atoms. The number of aryl methyl sites for hydroxylation is 1. The average Bonchev–Trinajstić information content (AvgIpc) is 3.69. The molecule has 0 radical (unpaired) electrons. The van der Waals surface area contributed by atoms with Crippen molar-refractivity contribution in [2.45, 2.75) is 110 Å². The molecule has 1 aromatic carbocycles. The van der Waals surface area contributed by atoms with Crippen molar-refractivity contribution in [3.63, 3.8) is 0 Å². The lowest BCUT2D eigenvalue weighted by molar-refractivity contribution is -0.144. The highest BCUT2D eigenvalue weighted by molar-refractivity contribution is 9.10. The van der Waals surface area contributed by atoms with E-state index in [2.05, 4.69) is 38.2 Å². The van der Waals surface area contributed by atoms with E-state index in [9.17, 15) is 49.5 Å². The molecule has 1 saturated carbocycles. The molecule has 2 N–H and O–H groups in total. The lowest BCUT2D eigenvalue weighted by Gasteiger charge is -2.31. The number of carbonyl (C=O) groups excluding carboxylic acids is 2. The SMILES string of the molecule is C=C/C(=C\CC)CC(NC(=O)C1(CCCl)CC1c1ccc(Br)cc1C(F)(F)F)C(=O)NC(C)(C)Cn1nc(-c2ccc(=O)n(C)c2)cc1C(F)(F)F.CC.CC(F)F. The summed E-state index contributed by atoms with van der Waals surface area (Å²) in [6.45, 7) is 13.0. The number of aromatic nitrogens is 3. The zero-order valence-corrected chi connectivity index (χ0v) is 35.6. The van der Waals surface area contributed by atoms with E-state index in [-0.39, 0.29) is 52.0 Å². The molecule has 0 aliphatic heterocycles. The van der Waals surface area contributed by atoms with Gasteiger partial charge in [0.15, 0.2) is 0 Å². The Bertz CT molecular complexity index is 1970. The Hall–Kier alpha value is -3.99. The van der Waals surface area contributed by atoms with Crippen LogP contribution in [-0.2, 0) is 35.5 Å². The minimum Gasteiger partial charge on any atom is -0.348 e. The van der Waals surface area contributed by atoms with Gasteiger partial charge < -0.3 is 15.2 Å². The number of allylic oxidation sites excluding steroid dienone is 2. The second kappa shape index (κ2) is 20.8. The summed E-state index contributed by atoms with van der Waals surface area (Å²) in [5.74, 6) is -2.27. The molecule has 3 aromatic rings. The Balaban J connectivity index is 0.00000182. The standard InChI is InChI=1S/C36H39BrClF6N5O3.C2H4F2.C2H6/c1-6-8-21(7-2)15-28(45-32(52)34(13-14-38)18-26(34)24-11-10-23(37)16-25(24)35(39,40)41)31(51)46-33(3,4)20-49-29(36(42,43)44)17-27(47-49)22-9-12-30(50)48(5)19-22;1-2(3)4;1-2/h7-12,16-17,19,26,28H,2,6,13-15,18,20H2,1,3-5H3,(H,45,52)(H,46,51);2H,1H3;1-2H3/b21-8+;;. The largest absolute Gasteiger partial charge is 0.433 e. The van der Waals surface area contributed by atoms with Gasteiger partial charge in [-0.2, -0.15) is 31.4 Å². The molecule has 58 heavy (non-hydrogen) atoms. The second-order valence-electron chi connectivity index (χ2n) is 14.0. The molecule has 4 rings (SSSR count). The molecule has 1 aliphatic rings. The Morgan fingerprint density at radius 3 is 2.22 bits per heavy atom. The molecule has 2 amide bonds. The monoisotopic (exact) mass is 913 g/mol. The van der Waals surface area contributed by atoms with Gasteiger partial charge in [-0.25, -0.2) is 8.78 Å². The first kappa shape index (κ1) is 50.2. The van der Waals surface area contributed by atoms with Crippen LogP contribution in [0.1, 0.15) is 90.0 Å². The van der Waals surface area contributed by atoms with Crippen LogP contribution in [0.3, 0.4) is 0 Å². The van der Waals surface area contributed by atoms with Crippen molar-refractivity contribution in [2.24, 2.45) is 12.5 Å². The Kier molecular flexibility index (Phi) is 18.0. The summed E-state index contributed by atoms with van der Waals surface area (Å²) in [6, 6.07) is 5.89. The fourth-order valence-electron chi connectivity index (χ4n) is 6.35. The molecule has 0 saturated heterocycles. The molecule has 18 heteroatoms. The minimum atomic E-state index is -4.81. The van der Waals surface area contributed by atoms with Crippen molar-refractivity contribution in [3.8, 4) is 11.3 Å².